The van der Waals surface area contributed by atoms with E-state index < -0.39 is 11.9 Å². The van der Waals surface area contributed by atoms with E-state index in [0.29, 0.717) is 17.3 Å². The molecule has 0 aliphatic rings. The Hall–Kier alpha value is -1.53. The lowest BCUT2D eigenvalue weighted by Crippen LogP contribution is -2.16. The molecule has 1 aromatic carbocycles. The first-order chi connectivity index (χ1) is 9.93. The van der Waals surface area contributed by atoms with Gasteiger partial charge in [-0.1, -0.05) is 24.6 Å². The van der Waals surface area contributed by atoms with E-state index in [1.54, 1.807) is 18.2 Å². The predicted molar refractivity (Wildman–Crippen MR) is 75.6 cm³/mol. The highest BCUT2D eigenvalue weighted by molar-refractivity contribution is 6.31. The zero-order valence-corrected chi connectivity index (χ0v) is 12.2. The number of rotatable bonds is 5. The van der Waals surface area contributed by atoms with Crippen molar-refractivity contribution in [1.29, 1.82) is 0 Å². The van der Waals surface area contributed by atoms with E-state index in [2.05, 4.69) is 10.4 Å². The first-order valence-corrected chi connectivity index (χ1v) is 6.92. The Morgan fingerprint density at radius 2 is 2.05 bits per heavy atom. The van der Waals surface area contributed by atoms with Gasteiger partial charge < -0.3 is 5.32 Å². The summed E-state index contributed by atoms with van der Waals surface area (Å²) in [5.41, 5.74) is 0.348. The van der Waals surface area contributed by atoms with Crippen LogP contribution in [0.3, 0.4) is 0 Å². The number of nitrogens with zero attached hydrogens (tertiary/aromatic N) is 2. The quantitative estimate of drug-likeness (QED) is 0.843. The lowest BCUT2D eigenvalue weighted by atomic mass is 10.1. The van der Waals surface area contributed by atoms with Gasteiger partial charge in [0.1, 0.15) is 0 Å². The Bertz CT molecular complexity index is 608. The molecule has 0 saturated carbocycles. The Morgan fingerprint density at radius 1 is 1.29 bits per heavy atom. The highest BCUT2D eigenvalue weighted by Crippen LogP contribution is 2.29. The minimum absolute atomic E-state index is 0.476. The van der Waals surface area contributed by atoms with Crippen LogP contribution < -0.4 is 5.32 Å². The standard InChI is InChI=1S/C14H15ClF3N3/c1-2-7-19-9-10-11(15)4-3-5-12(10)21-8-6-13(20-21)14(16,17)18/h3-6,8,19H,2,7,9H2,1H3. The second-order valence-electron chi connectivity index (χ2n) is 4.56. The minimum atomic E-state index is -4.45. The van der Waals surface area contributed by atoms with Crippen molar-refractivity contribution in [3.8, 4) is 5.69 Å². The molecule has 114 valence electrons. The average molecular weight is 318 g/mol. The van der Waals surface area contributed by atoms with Crippen molar-refractivity contribution in [2.75, 3.05) is 6.54 Å². The maximum absolute atomic E-state index is 12.6. The van der Waals surface area contributed by atoms with E-state index in [1.165, 1.54) is 10.9 Å². The summed E-state index contributed by atoms with van der Waals surface area (Å²) in [6.45, 7) is 3.31. The van der Waals surface area contributed by atoms with Gasteiger partial charge >= 0.3 is 6.18 Å². The van der Waals surface area contributed by atoms with Gasteiger partial charge in [-0.3, -0.25) is 0 Å². The molecule has 1 aromatic heterocycles. The van der Waals surface area contributed by atoms with Crippen LogP contribution in [0.2, 0.25) is 5.02 Å². The summed E-state index contributed by atoms with van der Waals surface area (Å²) >= 11 is 6.15. The van der Waals surface area contributed by atoms with Gasteiger partial charge in [0.15, 0.2) is 5.69 Å². The van der Waals surface area contributed by atoms with Crippen LogP contribution in [0.15, 0.2) is 30.5 Å². The first kappa shape index (κ1) is 15.9. The molecule has 0 bridgehead atoms. The summed E-state index contributed by atoms with van der Waals surface area (Å²) in [6.07, 6.45) is -2.21. The summed E-state index contributed by atoms with van der Waals surface area (Å²) < 4.78 is 39.1. The molecule has 0 unspecified atom stereocenters. The average Bonchev–Trinajstić information content (AvgIpc) is 2.90. The van der Waals surface area contributed by atoms with Crippen LogP contribution in [0.4, 0.5) is 13.2 Å². The molecule has 0 radical (unpaired) electrons. The van der Waals surface area contributed by atoms with E-state index in [-0.39, 0.29) is 0 Å². The fourth-order valence-electron chi connectivity index (χ4n) is 1.94. The molecule has 7 heteroatoms. The maximum atomic E-state index is 12.6. The normalized spacial score (nSPS) is 11.9. The largest absolute Gasteiger partial charge is 0.435 e. The van der Waals surface area contributed by atoms with Crippen LogP contribution in [0, 0.1) is 0 Å². The van der Waals surface area contributed by atoms with Crippen LogP contribution in [-0.4, -0.2) is 16.3 Å². The summed E-state index contributed by atoms with van der Waals surface area (Å²) in [7, 11) is 0. The Labute approximate surface area is 125 Å². The van der Waals surface area contributed by atoms with Gasteiger partial charge in [-0.15, -0.1) is 0 Å². The van der Waals surface area contributed by atoms with Gasteiger partial charge in [0.05, 0.1) is 5.69 Å². The highest BCUT2D eigenvalue weighted by atomic mass is 35.5. The molecule has 0 fully saturated rings. The van der Waals surface area contributed by atoms with E-state index >= 15 is 0 Å². The van der Waals surface area contributed by atoms with E-state index in [1.807, 2.05) is 6.92 Å². The van der Waals surface area contributed by atoms with Crippen molar-refractivity contribution in [2.45, 2.75) is 26.1 Å². The summed E-state index contributed by atoms with van der Waals surface area (Å²) in [6, 6.07) is 6.05. The fourth-order valence-corrected chi connectivity index (χ4v) is 2.17. The SMILES string of the molecule is CCCNCc1c(Cl)cccc1-n1ccc(C(F)(F)F)n1. The molecule has 1 N–H and O–H groups in total. The number of aromatic nitrogens is 2. The van der Waals surface area contributed by atoms with Crippen LogP contribution in [0.1, 0.15) is 24.6 Å². The van der Waals surface area contributed by atoms with Gasteiger partial charge in [0, 0.05) is 23.3 Å². The van der Waals surface area contributed by atoms with Crippen molar-refractivity contribution in [3.05, 3.63) is 46.7 Å². The molecular formula is C14H15ClF3N3. The van der Waals surface area contributed by atoms with E-state index in [4.69, 9.17) is 11.6 Å². The molecular weight excluding hydrogens is 303 g/mol. The Balaban J connectivity index is 2.34. The third kappa shape index (κ3) is 3.77. The molecule has 0 aliphatic heterocycles. The van der Waals surface area contributed by atoms with Crippen LogP contribution in [0.5, 0.6) is 0 Å². The molecule has 0 spiro atoms. The predicted octanol–water partition coefficient (Wildman–Crippen LogP) is 4.04. The van der Waals surface area contributed by atoms with Crippen LogP contribution in [0.25, 0.3) is 5.69 Å². The Morgan fingerprint density at radius 3 is 2.67 bits per heavy atom. The smallest absolute Gasteiger partial charge is 0.313 e. The van der Waals surface area contributed by atoms with Crippen molar-refractivity contribution < 1.29 is 13.2 Å². The lowest BCUT2D eigenvalue weighted by Gasteiger charge is -2.12. The second kappa shape index (κ2) is 6.49. The van der Waals surface area contributed by atoms with Crippen molar-refractivity contribution in [2.24, 2.45) is 0 Å². The van der Waals surface area contributed by atoms with E-state index in [0.717, 1.165) is 24.6 Å². The molecule has 21 heavy (non-hydrogen) atoms. The topological polar surface area (TPSA) is 29.9 Å². The number of alkyl halides is 3. The summed E-state index contributed by atoms with van der Waals surface area (Å²) in [5.74, 6) is 0. The fraction of sp³-hybridized carbons (Fsp3) is 0.357. The lowest BCUT2D eigenvalue weighted by molar-refractivity contribution is -0.141. The molecule has 1 heterocycles. The molecule has 0 aliphatic carbocycles. The van der Waals surface area contributed by atoms with Gasteiger partial charge in [-0.2, -0.15) is 18.3 Å². The minimum Gasteiger partial charge on any atom is -0.313 e. The van der Waals surface area contributed by atoms with E-state index in [9.17, 15) is 13.2 Å². The number of benzene rings is 1. The zero-order valence-electron chi connectivity index (χ0n) is 11.4. The van der Waals surface area contributed by atoms with Crippen LogP contribution >= 0.6 is 11.6 Å². The number of hydrogen-bond acceptors (Lipinski definition) is 2. The van der Waals surface area contributed by atoms with Crippen LogP contribution in [-0.2, 0) is 12.7 Å². The molecule has 0 amide bonds. The van der Waals surface area contributed by atoms with Gasteiger partial charge in [-0.05, 0) is 31.2 Å². The van der Waals surface area contributed by atoms with Crippen molar-refractivity contribution in [3.63, 3.8) is 0 Å². The number of halogens is 4. The first-order valence-electron chi connectivity index (χ1n) is 6.55. The summed E-state index contributed by atoms with van der Waals surface area (Å²) in [5, 5.41) is 7.28. The summed E-state index contributed by atoms with van der Waals surface area (Å²) in [4.78, 5) is 0. The maximum Gasteiger partial charge on any atom is 0.435 e. The Kier molecular flexibility index (Phi) is 4.90. The third-order valence-electron chi connectivity index (χ3n) is 2.95. The highest BCUT2D eigenvalue weighted by Gasteiger charge is 2.33. The second-order valence-corrected chi connectivity index (χ2v) is 4.96. The molecule has 2 rings (SSSR count). The third-order valence-corrected chi connectivity index (χ3v) is 3.30. The van der Waals surface area contributed by atoms with Gasteiger partial charge in [0.2, 0.25) is 0 Å². The molecule has 0 saturated heterocycles. The van der Waals surface area contributed by atoms with Crippen molar-refractivity contribution >= 4 is 11.6 Å². The monoisotopic (exact) mass is 317 g/mol. The van der Waals surface area contributed by atoms with Gasteiger partial charge in [-0.25, -0.2) is 4.68 Å². The molecule has 0 atom stereocenters. The number of hydrogen-bond donors (Lipinski definition) is 1. The molecule has 2 aromatic rings. The van der Waals surface area contributed by atoms with Crippen molar-refractivity contribution in [1.82, 2.24) is 15.1 Å². The number of nitrogens with one attached hydrogen (secondary N) is 1. The zero-order chi connectivity index (χ0) is 15.5. The van der Waals surface area contributed by atoms with Gasteiger partial charge in [0.25, 0.3) is 0 Å². The molecule has 3 nitrogen and oxygen atoms in total.